The van der Waals surface area contributed by atoms with Gasteiger partial charge in [0.1, 0.15) is 0 Å². The standard InChI is InChI=1S/C19H28N2O5S/c1-13-7-5-6-8-17(13)20-18(22)14(2)26-19(23)15-9-11-16(12-10-15)27(24,25)21(3)4/h9-14,17H,5-8H2,1-4H3,(H,20,22)/t13-,14-,17+/m1/s1. The molecule has 0 unspecified atom stereocenters. The molecule has 1 aromatic rings. The second-order valence-corrected chi connectivity index (χ2v) is 9.39. The molecule has 1 aliphatic rings. The van der Waals surface area contributed by atoms with E-state index in [4.69, 9.17) is 4.74 Å². The Bertz CT molecular complexity index is 774. The van der Waals surface area contributed by atoms with Crippen LogP contribution in [0.2, 0.25) is 0 Å². The molecule has 1 fully saturated rings. The quantitative estimate of drug-likeness (QED) is 0.744. The van der Waals surface area contributed by atoms with Gasteiger partial charge in [-0.25, -0.2) is 17.5 Å². The van der Waals surface area contributed by atoms with Crippen molar-refractivity contribution in [2.75, 3.05) is 14.1 Å². The van der Waals surface area contributed by atoms with Crippen LogP contribution in [0.3, 0.4) is 0 Å². The number of ether oxygens (including phenoxy) is 1. The molecular formula is C19H28N2O5S. The lowest BCUT2D eigenvalue weighted by Gasteiger charge is -2.30. The van der Waals surface area contributed by atoms with Gasteiger partial charge in [-0.2, -0.15) is 0 Å². The minimum Gasteiger partial charge on any atom is -0.449 e. The third-order valence-electron chi connectivity index (χ3n) is 4.96. The van der Waals surface area contributed by atoms with E-state index in [0.29, 0.717) is 5.92 Å². The van der Waals surface area contributed by atoms with Crippen molar-refractivity contribution in [3.05, 3.63) is 29.8 Å². The number of hydrogen-bond acceptors (Lipinski definition) is 5. The third kappa shape index (κ3) is 5.29. The summed E-state index contributed by atoms with van der Waals surface area (Å²) in [5.41, 5.74) is 0.193. The largest absolute Gasteiger partial charge is 0.449 e. The normalized spacial score (nSPS) is 21.5. The smallest absolute Gasteiger partial charge is 0.338 e. The molecule has 0 spiro atoms. The first-order valence-electron chi connectivity index (χ1n) is 9.17. The molecule has 2 rings (SSSR count). The molecule has 8 heteroatoms. The molecule has 0 bridgehead atoms. The van der Waals surface area contributed by atoms with Gasteiger partial charge in [-0.15, -0.1) is 0 Å². The van der Waals surface area contributed by atoms with Crippen molar-refractivity contribution < 1.29 is 22.7 Å². The molecule has 1 aliphatic carbocycles. The van der Waals surface area contributed by atoms with E-state index >= 15 is 0 Å². The first-order chi connectivity index (χ1) is 12.6. The fraction of sp³-hybridized carbons (Fsp3) is 0.579. The van der Waals surface area contributed by atoms with Gasteiger partial charge >= 0.3 is 5.97 Å². The van der Waals surface area contributed by atoms with E-state index in [0.717, 1.165) is 23.6 Å². The van der Waals surface area contributed by atoms with Crippen LogP contribution >= 0.6 is 0 Å². The molecule has 27 heavy (non-hydrogen) atoms. The van der Waals surface area contributed by atoms with Crippen molar-refractivity contribution >= 4 is 21.9 Å². The Labute approximate surface area is 161 Å². The number of amides is 1. The van der Waals surface area contributed by atoms with Gasteiger partial charge < -0.3 is 10.1 Å². The summed E-state index contributed by atoms with van der Waals surface area (Å²) in [6, 6.07) is 5.57. The summed E-state index contributed by atoms with van der Waals surface area (Å²) in [6.07, 6.45) is 3.37. The summed E-state index contributed by atoms with van der Waals surface area (Å²) in [5, 5.41) is 2.97. The summed E-state index contributed by atoms with van der Waals surface area (Å²) < 4.78 is 30.4. The highest BCUT2D eigenvalue weighted by Crippen LogP contribution is 2.24. The highest BCUT2D eigenvalue weighted by molar-refractivity contribution is 7.89. The molecule has 1 amide bonds. The van der Waals surface area contributed by atoms with E-state index < -0.39 is 22.1 Å². The van der Waals surface area contributed by atoms with Crippen LogP contribution in [0, 0.1) is 5.92 Å². The second-order valence-electron chi connectivity index (χ2n) is 7.24. The van der Waals surface area contributed by atoms with Gasteiger partial charge in [-0.1, -0.05) is 19.8 Å². The van der Waals surface area contributed by atoms with Crippen molar-refractivity contribution in [2.24, 2.45) is 5.92 Å². The van der Waals surface area contributed by atoms with Gasteiger partial charge in [-0.05, 0) is 49.9 Å². The first kappa shape index (κ1) is 21.4. The number of carbonyl (C=O) groups excluding carboxylic acids is 2. The van der Waals surface area contributed by atoms with Gasteiger partial charge in [0.05, 0.1) is 10.5 Å². The lowest BCUT2D eigenvalue weighted by atomic mass is 9.86. The van der Waals surface area contributed by atoms with Gasteiger partial charge in [0, 0.05) is 20.1 Å². The molecule has 7 nitrogen and oxygen atoms in total. The van der Waals surface area contributed by atoms with E-state index in [-0.39, 0.29) is 22.4 Å². The molecule has 3 atom stereocenters. The van der Waals surface area contributed by atoms with Gasteiger partial charge in [0.2, 0.25) is 10.0 Å². The van der Waals surface area contributed by atoms with Crippen LogP contribution in [0.15, 0.2) is 29.2 Å². The van der Waals surface area contributed by atoms with Gasteiger partial charge in [-0.3, -0.25) is 4.79 Å². The van der Waals surface area contributed by atoms with E-state index in [1.807, 2.05) is 0 Å². The molecule has 0 aromatic heterocycles. The predicted octanol–water partition coefficient (Wildman–Crippen LogP) is 2.18. The number of nitrogens with one attached hydrogen (secondary N) is 1. The van der Waals surface area contributed by atoms with Crippen LogP contribution < -0.4 is 5.32 Å². The Morgan fingerprint density at radius 1 is 1.15 bits per heavy atom. The predicted molar refractivity (Wildman–Crippen MR) is 102 cm³/mol. The van der Waals surface area contributed by atoms with E-state index in [1.54, 1.807) is 0 Å². The molecule has 150 valence electrons. The number of carbonyl (C=O) groups is 2. The van der Waals surface area contributed by atoms with Crippen LogP contribution in [0.25, 0.3) is 0 Å². The lowest BCUT2D eigenvalue weighted by molar-refractivity contribution is -0.130. The van der Waals surface area contributed by atoms with Crippen molar-refractivity contribution in [1.29, 1.82) is 0 Å². The fourth-order valence-electron chi connectivity index (χ4n) is 3.09. The zero-order valence-electron chi connectivity index (χ0n) is 16.3. The van der Waals surface area contributed by atoms with E-state index in [1.165, 1.54) is 51.7 Å². The van der Waals surface area contributed by atoms with E-state index in [9.17, 15) is 18.0 Å². The maximum absolute atomic E-state index is 12.3. The van der Waals surface area contributed by atoms with Crippen molar-refractivity contribution in [2.45, 2.75) is 56.6 Å². The Morgan fingerprint density at radius 3 is 2.30 bits per heavy atom. The summed E-state index contributed by atoms with van der Waals surface area (Å²) in [6.45, 7) is 3.65. The Hall–Kier alpha value is -1.93. The molecule has 0 saturated heterocycles. The zero-order chi connectivity index (χ0) is 20.2. The lowest BCUT2D eigenvalue weighted by Crippen LogP contribution is -2.45. The SMILES string of the molecule is C[C@@H]1CCCC[C@@H]1NC(=O)[C@@H](C)OC(=O)c1ccc(S(=O)(=O)N(C)C)cc1. The van der Waals surface area contributed by atoms with Crippen LogP contribution in [0.1, 0.15) is 49.9 Å². The maximum Gasteiger partial charge on any atom is 0.338 e. The maximum atomic E-state index is 12.3. The third-order valence-corrected chi connectivity index (χ3v) is 6.79. The number of benzene rings is 1. The van der Waals surface area contributed by atoms with Crippen molar-refractivity contribution in [1.82, 2.24) is 9.62 Å². The molecule has 1 N–H and O–H groups in total. The van der Waals surface area contributed by atoms with Crippen LogP contribution in [-0.4, -0.2) is 50.8 Å². The molecule has 0 heterocycles. The summed E-state index contributed by atoms with van der Waals surface area (Å²) in [7, 11) is -0.689. The van der Waals surface area contributed by atoms with Crippen LogP contribution in [-0.2, 0) is 19.6 Å². The highest BCUT2D eigenvalue weighted by Gasteiger charge is 2.26. The average molecular weight is 397 g/mol. The summed E-state index contributed by atoms with van der Waals surface area (Å²) in [5.74, 6) is -0.561. The number of nitrogens with zero attached hydrogens (tertiary/aromatic N) is 1. The van der Waals surface area contributed by atoms with E-state index in [2.05, 4.69) is 12.2 Å². The molecule has 1 saturated carbocycles. The summed E-state index contributed by atoms with van der Waals surface area (Å²) >= 11 is 0. The topological polar surface area (TPSA) is 92.8 Å². The Morgan fingerprint density at radius 2 is 1.74 bits per heavy atom. The molecule has 0 aliphatic heterocycles. The number of sulfonamides is 1. The average Bonchev–Trinajstić information content (AvgIpc) is 2.63. The fourth-order valence-corrected chi connectivity index (χ4v) is 3.99. The summed E-state index contributed by atoms with van der Waals surface area (Å²) in [4.78, 5) is 24.6. The monoisotopic (exact) mass is 396 g/mol. The number of esters is 1. The molecular weight excluding hydrogens is 368 g/mol. The molecule has 0 radical (unpaired) electrons. The molecule has 1 aromatic carbocycles. The van der Waals surface area contributed by atoms with Gasteiger partial charge in [0.15, 0.2) is 6.10 Å². The van der Waals surface area contributed by atoms with Gasteiger partial charge in [0.25, 0.3) is 5.91 Å². The minimum absolute atomic E-state index is 0.0844. The number of rotatable bonds is 6. The first-order valence-corrected chi connectivity index (χ1v) is 10.6. The number of hydrogen-bond donors (Lipinski definition) is 1. The Balaban J connectivity index is 1.96. The van der Waals surface area contributed by atoms with Crippen LogP contribution in [0.4, 0.5) is 0 Å². The minimum atomic E-state index is -3.56. The highest BCUT2D eigenvalue weighted by atomic mass is 32.2. The Kier molecular flexibility index (Phi) is 7.00. The van der Waals surface area contributed by atoms with Crippen molar-refractivity contribution in [3.63, 3.8) is 0 Å². The van der Waals surface area contributed by atoms with Crippen molar-refractivity contribution in [3.8, 4) is 0 Å². The second kappa shape index (κ2) is 8.84. The zero-order valence-corrected chi connectivity index (χ0v) is 17.1. The van der Waals surface area contributed by atoms with Crippen LogP contribution in [0.5, 0.6) is 0 Å².